The van der Waals surface area contributed by atoms with Crippen LogP contribution in [-0.4, -0.2) is 23.5 Å². The van der Waals surface area contributed by atoms with Gasteiger partial charge in [0, 0.05) is 11.9 Å². The maximum absolute atomic E-state index is 11.6. The minimum Gasteiger partial charge on any atom is -0.451 e. The quantitative estimate of drug-likeness (QED) is 0.825. The number of nitrogens with one attached hydrogen (secondary N) is 2. The second kappa shape index (κ2) is 5.86. The summed E-state index contributed by atoms with van der Waals surface area (Å²) in [7, 11) is 0. The molecule has 5 nitrogen and oxygen atoms in total. The highest BCUT2D eigenvalue weighted by atomic mass is 16.5. The van der Waals surface area contributed by atoms with Crippen molar-refractivity contribution in [3.8, 4) is 0 Å². The molecule has 1 heterocycles. The van der Waals surface area contributed by atoms with Crippen LogP contribution in [0.5, 0.6) is 0 Å². The third-order valence-corrected chi connectivity index (χ3v) is 2.49. The lowest BCUT2D eigenvalue weighted by molar-refractivity contribution is -0.119. The van der Waals surface area contributed by atoms with E-state index in [4.69, 9.17) is 4.74 Å². The largest absolute Gasteiger partial charge is 0.451 e. The van der Waals surface area contributed by atoms with Gasteiger partial charge in [-0.1, -0.05) is 17.7 Å². The standard InChI is InChI=1S/C14H14N2O3/c1-10-4-6-11(7-5-10)16-13(17)9-19-14(18)12-3-2-8-15-12/h2-8,15H,9H2,1H3,(H,16,17). The third kappa shape index (κ3) is 3.70. The molecular formula is C14H14N2O3. The number of aromatic amines is 1. The average molecular weight is 258 g/mol. The van der Waals surface area contributed by atoms with E-state index in [1.165, 1.54) is 0 Å². The Kier molecular flexibility index (Phi) is 3.97. The van der Waals surface area contributed by atoms with Crippen molar-refractivity contribution in [3.63, 3.8) is 0 Å². The number of aryl methyl sites for hydroxylation is 1. The van der Waals surface area contributed by atoms with E-state index in [9.17, 15) is 9.59 Å². The molecule has 2 N–H and O–H groups in total. The van der Waals surface area contributed by atoms with E-state index in [2.05, 4.69) is 10.3 Å². The summed E-state index contributed by atoms with van der Waals surface area (Å²) in [6.07, 6.45) is 1.61. The molecule has 2 aromatic rings. The maximum Gasteiger partial charge on any atom is 0.355 e. The molecule has 0 aliphatic heterocycles. The van der Waals surface area contributed by atoms with Crippen LogP contribution in [-0.2, 0) is 9.53 Å². The smallest absolute Gasteiger partial charge is 0.355 e. The van der Waals surface area contributed by atoms with Gasteiger partial charge in [-0.05, 0) is 31.2 Å². The lowest BCUT2D eigenvalue weighted by Crippen LogP contribution is -2.21. The molecule has 0 saturated carbocycles. The maximum atomic E-state index is 11.6. The molecule has 0 unspecified atom stereocenters. The summed E-state index contributed by atoms with van der Waals surface area (Å²) in [6.45, 7) is 1.65. The molecule has 2 rings (SSSR count). The van der Waals surface area contributed by atoms with Gasteiger partial charge >= 0.3 is 5.97 Å². The summed E-state index contributed by atoms with van der Waals surface area (Å²) in [4.78, 5) is 25.8. The second-order valence-electron chi connectivity index (χ2n) is 4.07. The summed E-state index contributed by atoms with van der Waals surface area (Å²) >= 11 is 0. The molecule has 0 spiro atoms. The summed E-state index contributed by atoms with van der Waals surface area (Å²) in [5, 5.41) is 2.64. The first-order valence-corrected chi connectivity index (χ1v) is 5.82. The van der Waals surface area contributed by atoms with Crippen molar-refractivity contribution in [1.82, 2.24) is 4.98 Å². The predicted molar refractivity (Wildman–Crippen MR) is 70.9 cm³/mol. The second-order valence-corrected chi connectivity index (χ2v) is 4.07. The Labute approximate surface area is 110 Å². The number of carbonyl (C=O) groups excluding carboxylic acids is 2. The monoisotopic (exact) mass is 258 g/mol. The van der Waals surface area contributed by atoms with Crippen LogP contribution in [0.3, 0.4) is 0 Å². The van der Waals surface area contributed by atoms with E-state index in [-0.39, 0.29) is 12.5 Å². The van der Waals surface area contributed by atoms with Crippen molar-refractivity contribution in [2.75, 3.05) is 11.9 Å². The van der Waals surface area contributed by atoms with Gasteiger partial charge in [0.2, 0.25) is 0 Å². The number of anilines is 1. The summed E-state index contributed by atoms with van der Waals surface area (Å²) in [5.74, 6) is -0.923. The Balaban J connectivity index is 1.82. The normalized spacial score (nSPS) is 9.95. The van der Waals surface area contributed by atoms with Crippen LogP contribution < -0.4 is 5.32 Å². The molecule has 5 heteroatoms. The van der Waals surface area contributed by atoms with Crippen molar-refractivity contribution in [1.29, 1.82) is 0 Å². The Morgan fingerprint density at radius 1 is 1.21 bits per heavy atom. The molecule has 1 aromatic heterocycles. The molecule has 98 valence electrons. The number of rotatable bonds is 4. The number of esters is 1. The Morgan fingerprint density at radius 3 is 2.58 bits per heavy atom. The summed E-state index contributed by atoms with van der Waals surface area (Å²) < 4.78 is 4.86. The zero-order valence-corrected chi connectivity index (χ0v) is 10.5. The van der Waals surface area contributed by atoms with E-state index < -0.39 is 5.97 Å². The van der Waals surface area contributed by atoms with Crippen LogP contribution in [0.2, 0.25) is 0 Å². The topological polar surface area (TPSA) is 71.2 Å². The number of benzene rings is 1. The first-order chi connectivity index (χ1) is 9.15. The SMILES string of the molecule is Cc1ccc(NC(=O)COC(=O)c2ccc[nH]2)cc1. The molecule has 0 aliphatic rings. The van der Waals surface area contributed by atoms with Gasteiger partial charge in [-0.15, -0.1) is 0 Å². The molecule has 0 fully saturated rings. The van der Waals surface area contributed by atoms with Gasteiger partial charge in [-0.25, -0.2) is 4.79 Å². The minimum absolute atomic E-state index is 0.314. The van der Waals surface area contributed by atoms with Crippen LogP contribution in [0.15, 0.2) is 42.6 Å². The number of H-pyrrole nitrogens is 1. The van der Waals surface area contributed by atoms with Crippen molar-refractivity contribution >= 4 is 17.6 Å². The van der Waals surface area contributed by atoms with E-state index in [1.807, 2.05) is 19.1 Å². The van der Waals surface area contributed by atoms with Crippen molar-refractivity contribution in [3.05, 3.63) is 53.9 Å². The van der Waals surface area contributed by atoms with Crippen molar-refractivity contribution < 1.29 is 14.3 Å². The first kappa shape index (κ1) is 12.9. The number of ether oxygens (including phenoxy) is 1. The molecule has 0 aliphatic carbocycles. The number of carbonyl (C=O) groups is 2. The average Bonchev–Trinajstić information content (AvgIpc) is 2.93. The van der Waals surface area contributed by atoms with Gasteiger partial charge < -0.3 is 15.0 Å². The van der Waals surface area contributed by atoms with Gasteiger partial charge in [-0.3, -0.25) is 4.79 Å². The number of hydrogen-bond acceptors (Lipinski definition) is 3. The molecular weight excluding hydrogens is 244 g/mol. The van der Waals surface area contributed by atoms with Gasteiger partial charge in [0.25, 0.3) is 5.91 Å². The van der Waals surface area contributed by atoms with Crippen LogP contribution in [0.4, 0.5) is 5.69 Å². The first-order valence-electron chi connectivity index (χ1n) is 5.82. The molecule has 0 bridgehead atoms. The van der Waals surface area contributed by atoms with Gasteiger partial charge in [0.1, 0.15) is 5.69 Å². The zero-order chi connectivity index (χ0) is 13.7. The number of amides is 1. The minimum atomic E-state index is -0.552. The van der Waals surface area contributed by atoms with E-state index >= 15 is 0 Å². The molecule has 19 heavy (non-hydrogen) atoms. The summed E-state index contributed by atoms with van der Waals surface area (Å²) in [6, 6.07) is 10.6. The Bertz CT molecular complexity index is 559. The fourth-order valence-corrected chi connectivity index (χ4v) is 1.50. The van der Waals surface area contributed by atoms with Crippen LogP contribution in [0, 0.1) is 6.92 Å². The van der Waals surface area contributed by atoms with Gasteiger partial charge in [0.05, 0.1) is 0 Å². The molecule has 0 atom stereocenters. The summed E-state index contributed by atoms with van der Waals surface area (Å²) in [5.41, 5.74) is 2.10. The van der Waals surface area contributed by atoms with Crippen LogP contribution in [0.25, 0.3) is 0 Å². The van der Waals surface area contributed by atoms with E-state index in [0.29, 0.717) is 11.4 Å². The predicted octanol–water partition coefficient (Wildman–Crippen LogP) is 2.12. The zero-order valence-electron chi connectivity index (χ0n) is 10.5. The van der Waals surface area contributed by atoms with E-state index in [0.717, 1.165) is 5.56 Å². The van der Waals surface area contributed by atoms with Gasteiger partial charge in [0.15, 0.2) is 6.61 Å². The Hall–Kier alpha value is -2.56. The highest BCUT2D eigenvalue weighted by molar-refractivity contribution is 5.94. The van der Waals surface area contributed by atoms with Crippen molar-refractivity contribution in [2.45, 2.75) is 6.92 Å². The highest BCUT2D eigenvalue weighted by Gasteiger charge is 2.10. The lowest BCUT2D eigenvalue weighted by Gasteiger charge is -2.06. The molecule has 1 amide bonds. The Morgan fingerprint density at radius 2 is 1.95 bits per heavy atom. The van der Waals surface area contributed by atoms with Crippen LogP contribution >= 0.6 is 0 Å². The highest BCUT2D eigenvalue weighted by Crippen LogP contribution is 2.08. The molecule has 1 aromatic carbocycles. The fraction of sp³-hybridized carbons (Fsp3) is 0.143. The molecule has 0 radical (unpaired) electrons. The number of aromatic nitrogens is 1. The van der Waals surface area contributed by atoms with E-state index in [1.54, 1.807) is 30.5 Å². The van der Waals surface area contributed by atoms with Crippen LogP contribution in [0.1, 0.15) is 16.1 Å². The fourth-order valence-electron chi connectivity index (χ4n) is 1.50. The van der Waals surface area contributed by atoms with Gasteiger partial charge in [-0.2, -0.15) is 0 Å². The third-order valence-electron chi connectivity index (χ3n) is 2.49. The lowest BCUT2D eigenvalue weighted by atomic mass is 10.2. The van der Waals surface area contributed by atoms with Crippen molar-refractivity contribution in [2.24, 2.45) is 0 Å². The molecule has 0 saturated heterocycles. The number of hydrogen-bond donors (Lipinski definition) is 2.